The molecule has 3 rings (SSSR count). The molecule has 1 fully saturated rings. The SMILES string of the molecule is C[C@@H]1CN(C(=O)c2ccc(NCc3cccnc3)cc2)C[C@H](C)O1. The van der Waals surface area contributed by atoms with Gasteiger partial charge < -0.3 is 15.0 Å². The maximum absolute atomic E-state index is 12.6. The highest BCUT2D eigenvalue weighted by atomic mass is 16.5. The first-order chi connectivity index (χ1) is 11.6. The summed E-state index contributed by atoms with van der Waals surface area (Å²) >= 11 is 0. The molecule has 2 heterocycles. The Morgan fingerprint density at radius 1 is 1.21 bits per heavy atom. The van der Waals surface area contributed by atoms with Crippen LogP contribution in [-0.2, 0) is 11.3 Å². The number of anilines is 1. The lowest BCUT2D eigenvalue weighted by Crippen LogP contribution is -2.48. The Hall–Kier alpha value is -2.40. The lowest BCUT2D eigenvalue weighted by atomic mass is 10.1. The third kappa shape index (κ3) is 4.11. The van der Waals surface area contributed by atoms with E-state index < -0.39 is 0 Å². The van der Waals surface area contributed by atoms with E-state index in [-0.39, 0.29) is 18.1 Å². The van der Waals surface area contributed by atoms with Crippen LogP contribution in [-0.4, -0.2) is 41.1 Å². The summed E-state index contributed by atoms with van der Waals surface area (Å²) in [6.45, 7) is 6.00. The number of nitrogens with one attached hydrogen (secondary N) is 1. The van der Waals surface area contributed by atoms with Crippen molar-refractivity contribution in [1.29, 1.82) is 0 Å². The van der Waals surface area contributed by atoms with Crippen molar-refractivity contribution in [3.63, 3.8) is 0 Å². The third-order valence-electron chi connectivity index (χ3n) is 4.06. The molecule has 1 N–H and O–H groups in total. The maximum atomic E-state index is 12.6. The molecule has 1 aromatic carbocycles. The number of carbonyl (C=O) groups is 1. The van der Waals surface area contributed by atoms with Gasteiger partial charge in [0.2, 0.25) is 0 Å². The second-order valence-electron chi connectivity index (χ2n) is 6.26. The minimum atomic E-state index is 0.0656. The average Bonchev–Trinajstić information content (AvgIpc) is 2.60. The molecule has 24 heavy (non-hydrogen) atoms. The Balaban J connectivity index is 1.60. The number of hydrogen-bond acceptors (Lipinski definition) is 4. The summed E-state index contributed by atoms with van der Waals surface area (Å²) < 4.78 is 5.69. The van der Waals surface area contributed by atoms with Crippen molar-refractivity contribution in [1.82, 2.24) is 9.88 Å². The molecule has 0 saturated carbocycles. The second-order valence-corrected chi connectivity index (χ2v) is 6.26. The Morgan fingerprint density at radius 2 is 1.92 bits per heavy atom. The van der Waals surface area contributed by atoms with E-state index in [1.54, 1.807) is 6.20 Å². The van der Waals surface area contributed by atoms with Crippen LogP contribution in [0.3, 0.4) is 0 Å². The molecule has 5 heteroatoms. The lowest BCUT2D eigenvalue weighted by Gasteiger charge is -2.35. The number of ether oxygens (including phenoxy) is 1. The summed E-state index contributed by atoms with van der Waals surface area (Å²) in [6.07, 6.45) is 3.76. The summed E-state index contributed by atoms with van der Waals surface area (Å²) in [7, 11) is 0. The summed E-state index contributed by atoms with van der Waals surface area (Å²) in [4.78, 5) is 18.6. The van der Waals surface area contributed by atoms with Crippen molar-refractivity contribution >= 4 is 11.6 Å². The van der Waals surface area contributed by atoms with E-state index in [4.69, 9.17) is 4.74 Å². The fourth-order valence-corrected chi connectivity index (χ4v) is 2.96. The number of aromatic nitrogens is 1. The van der Waals surface area contributed by atoms with Crippen molar-refractivity contribution in [2.45, 2.75) is 32.6 Å². The molecule has 0 spiro atoms. The van der Waals surface area contributed by atoms with Gasteiger partial charge >= 0.3 is 0 Å². The first-order valence-corrected chi connectivity index (χ1v) is 8.29. The largest absolute Gasteiger partial charge is 0.381 e. The Bertz CT molecular complexity index is 663. The molecule has 0 unspecified atom stereocenters. The zero-order chi connectivity index (χ0) is 16.9. The number of nitrogens with zero attached hydrogens (tertiary/aromatic N) is 2. The van der Waals surface area contributed by atoms with E-state index in [1.807, 2.05) is 61.3 Å². The Labute approximate surface area is 142 Å². The molecule has 2 aromatic rings. The summed E-state index contributed by atoms with van der Waals surface area (Å²) in [5, 5.41) is 3.34. The van der Waals surface area contributed by atoms with E-state index in [1.165, 1.54) is 0 Å². The minimum absolute atomic E-state index is 0.0656. The van der Waals surface area contributed by atoms with Crippen LogP contribution < -0.4 is 5.32 Å². The van der Waals surface area contributed by atoms with E-state index in [2.05, 4.69) is 10.3 Å². The van der Waals surface area contributed by atoms with Crippen molar-refractivity contribution in [3.05, 3.63) is 59.9 Å². The fraction of sp³-hybridized carbons (Fsp3) is 0.368. The van der Waals surface area contributed by atoms with Gasteiger partial charge in [0.25, 0.3) is 5.91 Å². The molecule has 0 radical (unpaired) electrons. The standard InChI is InChI=1S/C19H23N3O2/c1-14-12-22(13-15(2)24-14)19(23)17-5-7-18(8-6-17)21-11-16-4-3-9-20-10-16/h3-10,14-15,21H,11-13H2,1-2H3/t14-,15+. The highest BCUT2D eigenvalue weighted by Gasteiger charge is 2.26. The van der Waals surface area contributed by atoms with Crippen molar-refractivity contribution < 1.29 is 9.53 Å². The number of morpholine rings is 1. The highest BCUT2D eigenvalue weighted by Crippen LogP contribution is 2.16. The summed E-state index contributed by atoms with van der Waals surface area (Å²) in [6, 6.07) is 11.6. The van der Waals surface area contributed by atoms with Crippen molar-refractivity contribution in [3.8, 4) is 0 Å². The molecule has 126 valence electrons. The van der Waals surface area contributed by atoms with Gasteiger partial charge in [0.05, 0.1) is 12.2 Å². The molecule has 0 aliphatic carbocycles. The number of benzene rings is 1. The molecular formula is C19H23N3O2. The lowest BCUT2D eigenvalue weighted by molar-refractivity contribution is -0.0586. The van der Waals surface area contributed by atoms with Crippen LogP contribution in [0.4, 0.5) is 5.69 Å². The van der Waals surface area contributed by atoms with E-state index in [9.17, 15) is 4.79 Å². The first-order valence-electron chi connectivity index (χ1n) is 8.29. The molecule has 1 saturated heterocycles. The van der Waals surface area contributed by atoms with Gasteiger partial charge in [-0.3, -0.25) is 9.78 Å². The predicted molar refractivity (Wildman–Crippen MR) is 93.9 cm³/mol. The quantitative estimate of drug-likeness (QED) is 0.939. The summed E-state index contributed by atoms with van der Waals surface area (Å²) in [5.74, 6) is 0.0656. The van der Waals surface area contributed by atoms with Gasteiger partial charge in [-0.2, -0.15) is 0 Å². The van der Waals surface area contributed by atoms with Crippen LogP contribution in [0.5, 0.6) is 0 Å². The topological polar surface area (TPSA) is 54.5 Å². The minimum Gasteiger partial charge on any atom is -0.381 e. The zero-order valence-corrected chi connectivity index (χ0v) is 14.1. The molecular weight excluding hydrogens is 302 g/mol. The highest BCUT2D eigenvalue weighted by molar-refractivity contribution is 5.94. The van der Waals surface area contributed by atoms with Gasteiger partial charge in [0.1, 0.15) is 0 Å². The molecule has 1 aliphatic rings. The Morgan fingerprint density at radius 3 is 2.54 bits per heavy atom. The van der Waals surface area contributed by atoms with Gasteiger partial charge in [-0.15, -0.1) is 0 Å². The molecule has 0 bridgehead atoms. The van der Waals surface area contributed by atoms with Crippen LogP contribution >= 0.6 is 0 Å². The number of rotatable bonds is 4. The van der Waals surface area contributed by atoms with Crippen LogP contribution in [0.2, 0.25) is 0 Å². The zero-order valence-electron chi connectivity index (χ0n) is 14.1. The Kier molecular flexibility index (Phi) is 5.11. The number of pyridine rings is 1. The van der Waals surface area contributed by atoms with Crippen LogP contribution in [0.25, 0.3) is 0 Å². The molecule has 2 atom stereocenters. The molecule has 1 aromatic heterocycles. The van der Waals surface area contributed by atoms with Crippen LogP contribution in [0.15, 0.2) is 48.8 Å². The normalized spacial score (nSPS) is 20.7. The first kappa shape index (κ1) is 16.5. The smallest absolute Gasteiger partial charge is 0.254 e. The number of carbonyl (C=O) groups excluding carboxylic acids is 1. The van der Waals surface area contributed by atoms with Crippen molar-refractivity contribution in [2.24, 2.45) is 0 Å². The van der Waals surface area contributed by atoms with Gasteiger partial charge in [-0.05, 0) is 49.7 Å². The maximum Gasteiger partial charge on any atom is 0.254 e. The van der Waals surface area contributed by atoms with Crippen molar-refractivity contribution in [2.75, 3.05) is 18.4 Å². The van der Waals surface area contributed by atoms with E-state index in [0.29, 0.717) is 25.2 Å². The van der Waals surface area contributed by atoms with E-state index in [0.717, 1.165) is 11.3 Å². The van der Waals surface area contributed by atoms with Gasteiger partial charge in [0, 0.05) is 43.3 Å². The fourth-order valence-electron chi connectivity index (χ4n) is 2.96. The molecule has 1 aliphatic heterocycles. The molecule has 5 nitrogen and oxygen atoms in total. The van der Waals surface area contributed by atoms with Crippen LogP contribution in [0, 0.1) is 0 Å². The monoisotopic (exact) mass is 325 g/mol. The number of hydrogen-bond donors (Lipinski definition) is 1. The number of amides is 1. The van der Waals surface area contributed by atoms with Crippen LogP contribution in [0.1, 0.15) is 29.8 Å². The second kappa shape index (κ2) is 7.45. The third-order valence-corrected chi connectivity index (χ3v) is 4.06. The summed E-state index contributed by atoms with van der Waals surface area (Å²) in [5.41, 5.74) is 2.82. The van der Waals surface area contributed by atoms with Gasteiger partial charge in [-0.1, -0.05) is 6.07 Å². The predicted octanol–water partition coefficient (Wildman–Crippen LogP) is 2.94. The molecule has 1 amide bonds. The van der Waals surface area contributed by atoms with Gasteiger partial charge in [0.15, 0.2) is 0 Å². The average molecular weight is 325 g/mol. The van der Waals surface area contributed by atoms with E-state index >= 15 is 0 Å². The van der Waals surface area contributed by atoms with Gasteiger partial charge in [-0.25, -0.2) is 0 Å².